The summed E-state index contributed by atoms with van der Waals surface area (Å²) in [5, 5.41) is 4.29. The second-order valence-corrected chi connectivity index (χ2v) is 7.25. The summed E-state index contributed by atoms with van der Waals surface area (Å²) >= 11 is 3.58. The van der Waals surface area contributed by atoms with Gasteiger partial charge in [-0.15, -0.1) is 22.7 Å². The highest BCUT2D eigenvalue weighted by molar-refractivity contribution is 7.21. The molecule has 4 heteroatoms. The van der Waals surface area contributed by atoms with Gasteiger partial charge in [-0.3, -0.25) is 0 Å². The second-order valence-electron chi connectivity index (χ2n) is 5.42. The van der Waals surface area contributed by atoms with Gasteiger partial charge in [0.2, 0.25) is 5.79 Å². The fraction of sp³-hybridized carbons (Fsp3) is 0.333. The first kappa shape index (κ1) is 11.7. The Morgan fingerprint density at radius 3 is 2.11 bits per heavy atom. The van der Waals surface area contributed by atoms with Crippen LogP contribution in [0.5, 0.6) is 0 Å². The lowest BCUT2D eigenvalue weighted by molar-refractivity contribution is -0.248. The van der Waals surface area contributed by atoms with Crippen molar-refractivity contribution in [2.45, 2.75) is 32.2 Å². The van der Waals surface area contributed by atoms with Gasteiger partial charge in [0.05, 0.1) is 15.5 Å². The molecule has 0 unspecified atom stereocenters. The fourth-order valence-electron chi connectivity index (χ4n) is 3.11. The first-order valence-corrected chi connectivity index (χ1v) is 8.03. The molecule has 0 saturated heterocycles. The van der Waals surface area contributed by atoms with Crippen molar-refractivity contribution >= 4 is 22.7 Å². The van der Waals surface area contributed by atoms with Gasteiger partial charge in [0.15, 0.2) is 0 Å². The van der Waals surface area contributed by atoms with Crippen molar-refractivity contribution < 1.29 is 9.47 Å². The number of allylic oxidation sites excluding steroid dienone is 1. The van der Waals surface area contributed by atoms with Crippen molar-refractivity contribution in [1.29, 1.82) is 0 Å². The van der Waals surface area contributed by atoms with Crippen molar-refractivity contribution in [3.05, 3.63) is 45.9 Å². The molecule has 0 saturated carbocycles. The third-order valence-electron chi connectivity index (χ3n) is 3.56. The Morgan fingerprint density at radius 2 is 1.58 bits per heavy atom. The average Bonchev–Trinajstić information content (AvgIpc) is 2.97. The molecule has 0 amide bonds. The third-order valence-corrected chi connectivity index (χ3v) is 5.55. The molecule has 0 atom stereocenters. The summed E-state index contributed by atoms with van der Waals surface area (Å²) < 4.78 is 12.2. The molecule has 3 heterocycles. The number of hydrogen-bond donors (Lipinski definition) is 0. The molecule has 4 rings (SSSR count). The molecule has 1 spiro atoms. The minimum atomic E-state index is -0.610. The van der Waals surface area contributed by atoms with Crippen LogP contribution in [0, 0.1) is 0 Å². The smallest absolute Gasteiger partial charge is 0.206 e. The summed E-state index contributed by atoms with van der Waals surface area (Å²) in [6.45, 7) is 5.95. The molecule has 2 aromatic heterocycles. The Balaban J connectivity index is 2.04. The highest BCUT2D eigenvalue weighted by atomic mass is 32.1. The van der Waals surface area contributed by atoms with Crippen LogP contribution in [0.4, 0.5) is 0 Å². The highest BCUT2D eigenvalue weighted by Crippen LogP contribution is 2.57. The van der Waals surface area contributed by atoms with E-state index < -0.39 is 11.4 Å². The van der Waals surface area contributed by atoms with Crippen LogP contribution in [0.15, 0.2) is 34.7 Å². The van der Waals surface area contributed by atoms with Gasteiger partial charge in [0.25, 0.3) is 0 Å². The molecule has 0 fully saturated rings. The standard InChI is InChI=1S/C15H14O2S2/c1-9-8-15(17-14(2,3)16-9)10-4-6-18-12(10)13-11(15)5-7-19-13/h4-8H,1-3H3. The molecule has 98 valence electrons. The van der Waals surface area contributed by atoms with E-state index in [0.717, 1.165) is 5.76 Å². The van der Waals surface area contributed by atoms with E-state index >= 15 is 0 Å². The van der Waals surface area contributed by atoms with Gasteiger partial charge in [-0.05, 0) is 35.9 Å². The van der Waals surface area contributed by atoms with Crippen molar-refractivity contribution in [2.24, 2.45) is 0 Å². The lowest BCUT2D eigenvalue weighted by Gasteiger charge is -2.41. The van der Waals surface area contributed by atoms with Crippen LogP contribution in [0.1, 0.15) is 31.9 Å². The summed E-state index contributed by atoms with van der Waals surface area (Å²) in [6.07, 6.45) is 2.11. The van der Waals surface area contributed by atoms with E-state index in [1.165, 1.54) is 20.9 Å². The van der Waals surface area contributed by atoms with Crippen LogP contribution < -0.4 is 0 Å². The van der Waals surface area contributed by atoms with Crippen LogP contribution in [-0.2, 0) is 15.1 Å². The van der Waals surface area contributed by atoms with Gasteiger partial charge in [-0.1, -0.05) is 0 Å². The van der Waals surface area contributed by atoms with E-state index in [1.807, 2.05) is 20.8 Å². The molecule has 0 radical (unpaired) electrons. The molecular weight excluding hydrogens is 276 g/mol. The second kappa shape index (κ2) is 3.51. The van der Waals surface area contributed by atoms with Crippen molar-refractivity contribution in [3.8, 4) is 9.75 Å². The molecule has 2 aliphatic rings. The first-order valence-electron chi connectivity index (χ1n) is 6.27. The normalized spacial score (nSPS) is 21.7. The Labute approximate surface area is 120 Å². The van der Waals surface area contributed by atoms with Crippen LogP contribution in [-0.4, -0.2) is 5.79 Å². The fourth-order valence-corrected chi connectivity index (χ4v) is 5.20. The monoisotopic (exact) mass is 290 g/mol. The summed E-state index contributed by atoms with van der Waals surface area (Å²) in [5.74, 6) is 0.314. The molecule has 1 aliphatic heterocycles. The molecule has 0 aromatic carbocycles. The lowest BCUT2D eigenvalue weighted by atomic mass is 9.91. The maximum absolute atomic E-state index is 6.38. The first-order chi connectivity index (χ1) is 9.02. The molecular formula is C15H14O2S2. The number of fused-ring (bicyclic) bond motifs is 5. The van der Waals surface area contributed by atoms with Crippen LogP contribution in [0.3, 0.4) is 0 Å². The number of rotatable bonds is 0. The molecule has 1 aliphatic carbocycles. The Kier molecular flexibility index (Phi) is 2.16. The van der Waals surface area contributed by atoms with Gasteiger partial charge in [0.1, 0.15) is 5.60 Å². The highest BCUT2D eigenvalue weighted by Gasteiger charge is 2.50. The predicted octanol–water partition coefficient (Wildman–Crippen LogP) is 4.72. The summed E-state index contributed by atoms with van der Waals surface area (Å²) in [6, 6.07) is 4.36. The summed E-state index contributed by atoms with van der Waals surface area (Å²) in [7, 11) is 0. The van der Waals surface area contributed by atoms with Gasteiger partial charge < -0.3 is 9.47 Å². The van der Waals surface area contributed by atoms with Gasteiger partial charge in [-0.25, -0.2) is 0 Å². The molecule has 0 bridgehead atoms. The van der Waals surface area contributed by atoms with E-state index in [9.17, 15) is 0 Å². The zero-order chi connectivity index (χ0) is 13.3. The quantitative estimate of drug-likeness (QED) is 0.699. The lowest BCUT2D eigenvalue weighted by Crippen LogP contribution is -2.42. The number of thiophene rings is 2. The minimum Gasteiger partial charge on any atom is -0.468 e. The maximum Gasteiger partial charge on any atom is 0.206 e. The van der Waals surface area contributed by atoms with E-state index in [2.05, 4.69) is 29.0 Å². The largest absolute Gasteiger partial charge is 0.468 e. The van der Waals surface area contributed by atoms with Crippen LogP contribution >= 0.6 is 22.7 Å². The maximum atomic E-state index is 6.38. The summed E-state index contributed by atoms with van der Waals surface area (Å²) in [4.78, 5) is 2.68. The van der Waals surface area contributed by atoms with E-state index in [4.69, 9.17) is 9.47 Å². The molecule has 2 nitrogen and oxygen atoms in total. The Morgan fingerprint density at radius 1 is 1.00 bits per heavy atom. The van der Waals surface area contributed by atoms with Crippen molar-refractivity contribution in [3.63, 3.8) is 0 Å². The van der Waals surface area contributed by atoms with E-state index in [0.29, 0.717) is 0 Å². The zero-order valence-electron chi connectivity index (χ0n) is 11.0. The number of hydrogen-bond acceptors (Lipinski definition) is 4. The average molecular weight is 290 g/mol. The van der Waals surface area contributed by atoms with Gasteiger partial charge >= 0.3 is 0 Å². The van der Waals surface area contributed by atoms with Crippen LogP contribution in [0.2, 0.25) is 0 Å². The SMILES string of the molecule is CC1=CC2(OC(C)(C)O1)c1ccsc1-c1sccc12. The zero-order valence-corrected chi connectivity index (χ0v) is 12.7. The topological polar surface area (TPSA) is 18.5 Å². The van der Waals surface area contributed by atoms with Crippen LogP contribution in [0.25, 0.3) is 9.75 Å². The van der Waals surface area contributed by atoms with Gasteiger partial charge in [-0.2, -0.15) is 0 Å². The minimum absolute atomic E-state index is 0.462. The number of ether oxygens (including phenoxy) is 2. The molecule has 2 aromatic rings. The van der Waals surface area contributed by atoms with Crippen molar-refractivity contribution in [1.82, 2.24) is 0 Å². The van der Waals surface area contributed by atoms with E-state index in [-0.39, 0.29) is 0 Å². The Hall–Kier alpha value is -1.10. The molecule has 0 N–H and O–H groups in total. The van der Waals surface area contributed by atoms with Crippen molar-refractivity contribution in [2.75, 3.05) is 0 Å². The third kappa shape index (κ3) is 1.45. The van der Waals surface area contributed by atoms with Gasteiger partial charge in [0, 0.05) is 25.0 Å². The summed E-state index contributed by atoms with van der Waals surface area (Å²) in [5.41, 5.74) is 2.06. The molecule has 19 heavy (non-hydrogen) atoms. The Bertz CT molecular complexity index is 650. The predicted molar refractivity (Wildman–Crippen MR) is 78.4 cm³/mol. The van der Waals surface area contributed by atoms with E-state index in [1.54, 1.807) is 22.7 Å².